The van der Waals surface area contributed by atoms with Gasteiger partial charge in [-0.1, -0.05) is 77.6 Å². The molecule has 0 saturated heterocycles. The van der Waals surface area contributed by atoms with E-state index in [9.17, 15) is 4.39 Å². The zero-order valence-corrected chi connectivity index (χ0v) is 17.0. The quantitative estimate of drug-likeness (QED) is 0.511. The van der Waals surface area contributed by atoms with Crippen LogP contribution in [0.25, 0.3) is 11.3 Å². The van der Waals surface area contributed by atoms with Gasteiger partial charge >= 0.3 is 0 Å². The summed E-state index contributed by atoms with van der Waals surface area (Å²) < 4.78 is 14.2. The zero-order chi connectivity index (χ0) is 20.1. The van der Waals surface area contributed by atoms with E-state index in [0.29, 0.717) is 17.2 Å². The summed E-state index contributed by atoms with van der Waals surface area (Å²) in [5.41, 5.74) is 9.82. The number of hydrogen-bond acceptors (Lipinski definition) is 1. The molecule has 1 aromatic rings. The van der Waals surface area contributed by atoms with Gasteiger partial charge in [-0.15, -0.1) is 0 Å². The van der Waals surface area contributed by atoms with Gasteiger partial charge in [0.15, 0.2) is 0 Å². The lowest BCUT2D eigenvalue weighted by atomic mass is 9.98. The van der Waals surface area contributed by atoms with Crippen molar-refractivity contribution in [3.05, 3.63) is 84.3 Å². The van der Waals surface area contributed by atoms with Gasteiger partial charge in [0.2, 0.25) is 0 Å². The fourth-order valence-corrected chi connectivity index (χ4v) is 2.34. The van der Waals surface area contributed by atoms with E-state index in [1.165, 1.54) is 12.5 Å². The third kappa shape index (κ3) is 8.15. The van der Waals surface area contributed by atoms with E-state index in [1.807, 2.05) is 25.2 Å². The first-order valence-electron chi connectivity index (χ1n) is 9.22. The lowest BCUT2D eigenvalue weighted by Crippen LogP contribution is -2.02. The Hall–Kier alpha value is -2.35. The molecule has 2 N–H and O–H groups in total. The van der Waals surface area contributed by atoms with Crippen LogP contribution in [-0.2, 0) is 0 Å². The molecule has 0 aromatic heterocycles. The van der Waals surface area contributed by atoms with E-state index in [2.05, 4.69) is 40.9 Å². The van der Waals surface area contributed by atoms with Gasteiger partial charge in [-0.2, -0.15) is 0 Å². The lowest BCUT2D eigenvalue weighted by Gasteiger charge is -2.10. The Kier molecular flexibility index (Phi) is 11.8. The van der Waals surface area contributed by atoms with Gasteiger partial charge in [0.1, 0.15) is 5.82 Å². The van der Waals surface area contributed by atoms with Crippen LogP contribution in [0.1, 0.15) is 58.6 Å². The Bertz CT molecular complexity index is 675. The molecule has 0 aliphatic heterocycles. The van der Waals surface area contributed by atoms with Crippen LogP contribution in [0.3, 0.4) is 0 Å². The third-order valence-corrected chi connectivity index (χ3v) is 3.48. The highest BCUT2D eigenvalue weighted by Crippen LogP contribution is 2.24. The molecule has 2 heteroatoms. The lowest BCUT2D eigenvalue weighted by molar-refractivity contribution is 0.623. The topological polar surface area (TPSA) is 26.0 Å². The molecule has 1 rings (SSSR count). The number of benzene rings is 1. The minimum atomic E-state index is -0.329. The second-order valence-corrected chi connectivity index (χ2v) is 6.52. The van der Waals surface area contributed by atoms with Crippen LogP contribution in [0, 0.1) is 11.7 Å². The maximum atomic E-state index is 14.2. The Morgan fingerprint density at radius 1 is 1.23 bits per heavy atom. The molecule has 0 aliphatic rings. The van der Waals surface area contributed by atoms with Crippen LogP contribution < -0.4 is 5.73 Å². The van der Waals surface area contributed by atoms with E-state index in [1.54, 1.807) is 24.3 Å². The van der Waals surface area contributed by atoms with Crippen LogP contribution in [0.5, 0.6) is 0 Å². The number of halogens is 1. The Morgan fingerprint density at radius 3 is 2.31 bits per heavy atom. The van der Waals surface area contributed by atoms with Gasteiger partial charge in [0, 0.05) is 11.3 Å². The van der Waals surface area contributed by atoms with Crippen molar-refractivity contribution in [2.75, 3.05) is 0 Å². The molecule has 26 heavy (non-hydrogen) atoms. The monoisotopic (exact) mass is 355 g/mol. The summed E-state index contributed by atoms with van der Waals surface area (Å²) in [6.45, 7) is 18.0. The van der Waals surface area contributed by atoms with Gasteiger partial charge in [-0.3, -0.25) is 0 Å². The molecule has 0 fully saturated rings. The van der Waals surface area contributed by atoms with Crippen molar-refractivity contribution in [3.8, 4) is 0 Å². The third-order valence-electron chi connectivity index (χ3n) is 3.48. The minimum Gasteiger partial charge on any atom is -0.398 e. The molecule has 0 unspecified atom stereocenters. The molecular formula is C24H34FN. The predicted molar refractivity (Wildman–Crippen MR) is 116 cm³/mol. The van der Waals surface area contributed by atoms with Gasteiger partial charge < -0.3 is 5.73 Å². The summed E-state index contributed by atoms with van der Waals surface area (Å²) in [7, 11) is 0. The molecule has 1 aromatic carbocycles. The molecule has 0 heterocycles. The van der Waals surface area contributed by atoms with Gasteiger partial charge in [0.05, 0.1) is 0 Å². The Labute approximate surface area is 159 Å². The summed E-state index contributed by atoms with van der Waals surface area (Å²) in [4.78, 5) is 0. The largest absolute Gasteiger partial charge is 0.398 e. The van der Waals surface area contributed by atoms with Crippen LogP contribution in [0.15, 0.2) is 67.3 Å². The summed E-state index contributed by atoms with van der Waals surface area (Å²) >= 11 is 0. The first kappa shape index (κ1) is 23.6. The standard InChI is InChI=1S/C21H26FN.C3H8/c1-6-9-17(8-3)18-10-11-20(22)19(14-18)21(23)13-16(7-2)12-15(4)5;1-3-2/h6-11,13-15H,1,3,12,23H2,2,4-5H3;3H2,1-2H3/b16-7-,17-9+,21-13-;. The highest BCUT2D eigenvalue weighted by molar-refractivity contribution is 5.77. The molecule has 1 nitrogen and oxygen atoms in total. The molecule has 0 bridgehead atoms. The SMILES string of the molecule is C=C/C=C(\C=C)c1ccc(F)c(/C(N)=C/C(=C\C)CC(C)C)c1.CCC. The number of rotatable bonds is 7. The fraction of sp³-hybridized carbons (Fsp3) is 0.333. The van der Waals surface area contributed by atoms with Crippen molar-refractivity contribution < 1.29 is 4.39 Å². The van der Waals surface area contributed by atoms with Crippen molar-refractivity contribution in [2.45, 2.75) is 47.5 Å². The number of allylic oxidation sites excluding steroid dienone is 7. The summed E-state index contributed by atoms with van der Waals surface area (Å²) in [5, 5.41) is 0. The summed E-state index contributed by atoms with van der Waals surface area (Å²) in [5.74, 6) is 0.189. The number of hydrogen-bond donors (Lipinski definition) is 1. The molecule has 0 aliphatic carbocycles. The first-order valence-corrected chi connectivity index (χ1v) is 9.22. The van der Waals surface area contributed by atoms with Gasteiger partial charge in [-0.05, 0) is 54.2 Å². The van der Waals surface area contributed by atoms with E-state index in [4.69, 9.17) is 5.73 Å². The smallest absolute Gasteiger partial charge is 0.132 e. The van der Waals surface area contributed by atoms with Crippen molar-refractivity contribution >= 4 is 11.3 Å². The predicted octanol–water partition coefficient (Wildman–Crippen LogP) is 7.29. The molecule has 0 spiro atoms. The van der Waals surface area contributed by atoms with E-state index < -0.39 is 0 Å². The van der Waals surface area contributed by atoms with Crippen molar-refractivity contribution in [1.82, 2.24) is 0 Å². The van der Waals surface area contributed by atoms with Crippen LogP contribution >= 0.6 is 0 Å². The Balaban J connectivity index is 0.00000194. The average molecular weight is 356 g/mol. The maximum Gasteiger partial charge on any atom is 0.132 e. The molecule has 142 valence electrons. The van der Waals surface area contributed by atoms with Crippen LogP contribution in [0.2, 0.25) is 0 Å². The second-order valence-electron chi connectivity index (χ2n) is 6.52. The van der Waals surface area contributed by atoms with E-state index in [0.717, 1.165) is 23.1 Å². The molecule has 0 saturated carbocycles. The summed E-state index contributed by atoms with van der Waals surface area (Å²) in [6, 6.07) is 4.90. The van der Waals surface area contributed by atoms with Crippen LogP contribution in [0.4, 0.5) is 4.39 Å². The van der Waals surface area contributed by atoms with Crippen LogP contribution in [-0.4, -0.2) is 0 Å². The van der Waals surface area contributed by atoms with Crippen molar-refractivity contribution in [2.24, 2.45) is 11.7 Å². The van der Waals surface area contributed by atoms with E-state index >= 15 is 0 Å². The van der Waals surface area contributed by atoms with Crippen molar-refractivity contribution in [1.29, 1.82) is 0 Å². The highest BCUT2D eigenvalue weighted by Gasteiger charge is 2.09. The fourth-order valence-electron chi connectivity index (χ4n) is 2.34. The maximum absolute atomic E-state index is 14.2. The molecule has 0 radical (unpaired) electrons. The summed E-state index contributed by atoms with van der Waals surface area (Å²) in [6.07, 6.45) is 11.3. The number of nitrogens with two attached hydrogens (primary N) is 1. The zero-order valence-electron chi connectivity index (χ0n) is 17.0. The van der Waals surface area contributed by atoms with Crippen molar-refractivity contribution in [3.63, 3.8) is 0 Å². The highest BCUT2D eigenvalue weighted by atomic mass is 19.1. The van der Waals surface area contributed by atoms with Gasteiger partial charge in [-0.25, -0.2) is 4.39 Å². The normalized spacial score (nSPS) is 12.5. The second kappa shape index (κ2) is 12.9. The average Bonchev–Trinajstić information content (AvgIpc) is 2.59. The Morgan fingerprint density at radius 2 is 1.85 bits per heavy atom. The minimum absolute atomic E-state index is 0.329. The van der Waals surface area contributed by atoms with E-state index in [-0.39, 0.29) is 5.82 Å². The van der Waals surface area contributed by atoms with Gasteiger partial charge in [0.25, 0.3) is 0 Å². The molecule has 0 atom stereocenters. The molecular weight excluding hydrogens is 321 g/mol. The first-order chi connectivity index (χ1) is 12.3. The molecule has 0 amide bonds.